The maximum Gasteiger partial charge on any atom is 0.0278 e. The fourth-order valence-corrected chi connectivity index (χ4v) is 2.60. The van der Waals surface area contributed by atoms with Gasteiger partial charge >= 0.3 is 0 Å². The van der Waals surface area contributed by atoms with Crippen LogP contribution in [0.5, 0.6) is 0 Å². The highest BCUT2D eigenvalue weighted by Gasteiger charge is 2.30. The van der Waals surface area contributed by atoms with E-state index in [1.807, 2.05) is 0 Å². The molecule has 16 heavy (non-hydrogen) atoms. The summed E-state index contributed by atoms with van der Waals surface area (Å²) in [5.74, 6) is 0.859. The largest absolute Gasteiger partial charge is 0.309 e. The summed E-state index contributed by atoms with van der Waals surface area (Å²) < 4.78 is 0. The Hall–Kier alpha value is -0.0800. The van der Waals surface area contributed by atoms with Gasteiger partial charge in [0.25, 0.3) is 0 Å². The van der Waals surface area contributed by atoms with Gasteiger partial charge in [-0.1, -0.05) is 27.2 Å². The summed E-state index contributed by atoms with van der Waals surface area (Å²) in [7, 11) is 0. The van der Waals surface area contributed by atoms with E-state index in [2.05, 4.69) is 44.8 Å². The predicted octanol–water partition coefficient (Wildman–Crippen LogP) is 2.89. The van der Waals surface area contributed by atoms with E-state index in [9.17, 15) is 0 Å². The molecule has 1 rings (SSSR count). The van der Waals surface area contributed by atoms with Crippen LogP contribution in [0.3, 0.4) is 0 Å². The van der Waals surface area contributed by atoms with Gasteiger partial charge in [-0.3, -0.25) is 4.90 Å². The Morgan fingerprint density at radius 1 is 1.31 bits per heavy atom. The van der Waals surface area contributed by atoms with Crippen molar-refractivity contribution in [3.8, 4) is 0 Å². The van der Waals surface area contributed by atoms with Gasteiger partial charge in [0.2, 0.25) is 0 Å². The van der Waals surface area contributed by atoms with Crippen molar-refractivity contribution in [2.75, 3.05) is 19.6 Å². The zero-order valence-electron chi connectivity index (χ0n) is 11.8. The highest BCUT2D eigenvalue weighted by molar-refractivity contribution is 4.91. The Morgan fingerprint density at radius 3 is 2.56 bits per heavy atom. The molecule has 1 heterocycles. The first-order chi connectivity index (χ1) is 7.50. The van der Waals surface area contributed by atoms with Crippen LogP contribution in [-0.2, 0) is 0 Å². The van der Waals surface area contributed by atoms with Gasteiger partial charge in [0.1, 0.15) is 0 Å². The molecule has 0 aromatic rings. The highest BCUT2D eigenvalue weighted by atomic mass is 15.2. The molecule has 2 heteroatoms. The zero-order chi connectivity index (χ0) is 12.2. The summed E-state index contributed by atoms with van der Waals surface area (Å²) in [6.07, 6.45) is 3.87. The molecule has 1 aliphatic rings. The SMILES string of the molecule is CCC(C)CC(C)N1CCNC(C)(CC)C1. The van der Waals surface area contributed by atoms with Gasteiger partial charge in [-0.2, -0.15) is 0 Å². The van der Waals surface area contributed by atoms with Crippen molar-refractivity contribution in [3.63, 3.8) is 0 Å². The molecule has 1 fully saturated rings. The number of nitrogens with zero attached hydrogens (tertiary/aromatic N) is 1. The third-order valence-electron chi connectivity index (χ3n) is 4.35. The van der Waals surface area contributed by atoms with E-state index in [0.29, 0.717) is 5.54 Å². The van der Waals surface area contributed by atoms with Crippen molar-refractivity contribution in [1.82, 2.24) is 10.2 Å². The second kappa shape index (κ2) is 6.02. The zero-order valence-corrected chi connectivity index (χ0v) is 11.8. The molecule has 1 N–H and O–H groups in total. The molecule has 1 aliphatic heterocycles. The molecule has 0 aliphatic carbocycles. The minimum absolute atomic E-state index is 0.335. The number of hydrogen-bond donors (Lipinski definition) is 1. The number of hydrogen-bond acceptors (Lipinski definition) is 2. The van der Waals surface area contributed by atoms with Crippen molar-refractivity contribution in [2.45, 2.75) is 65.5 Å². The summed E-state index contributed by atoms with van der Waals surface area (Å²) in [6.45, 7) is 15.3. The lowest BCUT2D eigenvalue weighted by atomic mass is 9.93. The Kier molecular flexibility index (Phi) is 5.26. The second-order valence-electron chi connectivity index (χ2n) is 5.91. The van der Waals surface area contributed by atoms with E-state index >= 15 is 0 Å². The van der Waals surface area contributed by atoms with Crippen LogP contribution in [0.1, 0.15) is 53.9 Å². The van der Waals surface area contributed by atoms with Crippen LogP contribution in [0.25, 0.3) is 0 Å². The molecular weight excluding hydrogens is 196 g/mol. The topological polar surface area (TPSA) is 15.3 Å². The van der Waals surface area contributed by atoms with Crippen molar-refractivity contribution in [1.29, 1.82) is 0 Å². The van der Waals surface area contributed by atoms with E-state index in [4.69, 9.17) is 0 Å². The third-order valence-corrected chi connectivity index (χ3v) is 4.35. The predicted molar refractivity (Wildman–Crippen MR) is 71.8 cm³/mol. The molecule has 2 nitrogen and oxygen atoms in total. The first-order valence-electron chi connectivity index (χ1n) is 6.99. The van der Waals surface area contributed by atoms with Crippen LogP contribution in [0.15, 0.2) is 0 Å². The molecule has 3 atom stereocenters. The molecule has 96 valence electrons. The molecule has 0 aromatic carbocycles. The van der Waals surface area contributed by atoms with Gasteiger partial charge in [0.05, 0.1) is 0 Å². The first-order valence-corrected chi connectivity index (χ1v) is 6.99. The van der Waals surface area contributed by atoms with Crippen LogP contribution in [0, 0.1) is 5.92 Å². The van der Waals surface area contributed by atoms with Crippen molar-refractivity contribution in [3.05, 3.63) is 0 Å². The lowest BCUT2D eigenvalue weighted by Crippen LogP contribution is -2.60. The molecule has 0 amide bonds. The van der Waals surface area contributed by atoms with Crippen LogP contribution >= 0.6 is 0 Å². The third kappa shape index (κ3) is 3.74. The fraction of sp³-hybridized carbons (Fsp3) is 1.00. The van der Waals surface area contributed by atoms with Crippen molar-refractivity contribution >= 4 is 0 Å². The molecule has 3 unspecified atom stereocenters. The lowest BCUT2D eigenvalue weighted by molar-refractivity contribution is 0.0935. The minimum atomic E-state index is 0.335. The summed E-state index contributed by atoms with van der Waals surface area (Å²) in [4.78, 5) is 2.67. The summed E-state index contributed by atoms with van der Waals surface area (Å²) in [5, 5.41) is 3.66. The first kappa shape index (κ1) is 14.0. The van der Waals surface area contributed by atoms with Gasteiger partial charge in [0, 0.05) is 31.2 Å². The summed E-state index contributed by atoms with van der Waals surface area (Å²) >= 11 is 0. The Labute approximate surface area is 102 Å². The van der Waals surface area contributed by atoms with E-state index in [1.54, 1.807) is 0 Å². The average molecular weight is 226 g/mol. The molecule has 1 saturated heterocycles. The Morgan fingerprint density at radius 2 is 2.00 bits per heavy atom. The maximum atomic E-state index is 3.66. The van der Waals surface area contributed by atoms with Crippen molar-refractivity contribution < 1.29 is 0 Å². The van der Waals surface area contributed by atoms with E-state index in [-0.39, 0.29) is 0 Å². The lowest BCUT2D eigenvalue weighted by Gasteiger charge is -2.44. The highest BCUT2D eigenvalue weighted by Crippen LogP contribution is 2.20. The average Bonchev–Trinajstić information content (AvgIpc) is 2.29. The van der Waals surface area contributed by atoms with Crippen LogP contribution in [0.2, 0.25) is 0 Å². The summed E-state index contributed by atoms with van der Waals surface area (Å²) in [6, 6.07) is 0.739. The Balaban J connectivity index is 2.47. The van der Waals surface area contributed by atoms with Gasteiger partial charge < -0.3 is 5.32 Å². The van der Waals surface area contributed by atoms with Crippen LogP contribution in [0.4, 0.5) is 0 Å². The number of piperazine rings is 1. The van der Waals surface area contributed by atoms with Gasteiger partial charge in [0.15, 0.2) is 0 Å². The second-order valence-corrected chi connectivity index (χ2v) is 5.91. The molecule has 0 spiro atoms. The maximum absolute atomic E-state index is 3.66. The standard InChI is InChI=1S/C14H30N2/c1-6-12(3)10-13(4)16-9-8-15-14(5,7-2)11-16/h12-13,15H,6-11H2,1-5H3. The normalized spacial score (nSPS) is 31.3. The van der Waals surface area contributed by atoms with Gasteiger partial charge in [-0.05, 0) is 32.6 Å². The molecule has 0 saturated carbocycles. The Bertz CT molecular complexity index is 205. The van der Waals surface area contributed by atoms with E-state index in [0.717, 1.165) is 18.5 Å². The van der Waals surface area contributed by atoms with Gasteiger partial charge in [-0.15, -0.1) is 0 Å². The van der Waals surface area contributed by atoms with Crippen molar-refractivity contribution in [2.24, 2.45) is 5.92 Å². The van der Waals surface area contributed by atoms with E-state index in [1.165, 1.54) is 32.4 Å². The van der Waals surface area contributed by atoms with E-state index < -0.39 is 0 Å². The molecule has 0 bridgehead atoms. The van der Waals surface area contributed by atoms with Gasteiger partial charge in [-0.25, -0.2) is 0 Å². The number of rotatable bonds is 5. The van der Waals surface area contributed by atoms with Crippen LogP contribution < -0.4 is 5.32 Å². The molecular formula is C14H30N2. The fourth-order valence-electron chi connectivity index (χ4n) is 2.60. The number of nitrogens with one attached hydrogen (secondary N) is 1. The van der Waals surface area contributed by atoms with Crippen LogP contribution in [-0.4, -0.2) is 36.1 Å². The smallest absolute Gasteiger partial charge is 0.0278 e. The molecule has 0 aromatic heterocycles. The minimum Gasteiger partial charge on any atom is -0.309 e. The molecule has 0 radical (unpaired) electrons. The summed E-state index contributed by atoms with van der Waals surface area (Å²) in [5.41, 5.74) is 0.335. The quantitative estimate of drug-likeness (QED) is 0.775. The monoisotopic (exact) mass is 226 g/mol.